The topological polar surface area (TPSA) is 110 Å². The van der Waals surface area contributed by atoms with Crippen LogP contribution in [-0.2, 0) is 4.79 Å². The minimum Gasteiger partial charge on any atom is -0.467 e. The van der Waals surface area contributed by atoms with E-state index in [-0.39, 0.29) is 35.0 Å². The van der Waals surface area contributed by atoms with Crippen LogP contribution in [0.25, 0.3) is 22.3 Å². The van der Waals surface area contributed by atoms with Crippen LogP contribution in [0.1, 0.15) is 12.0 Å². The molecule has 3 aromatic rings. The third-order valence-electron chi connectivity index (χ3n) is 5.70. The Morgan fingerprint density at radius 2 is 2.12 bits per heavy atom. The maximum absolute atomic E-state index is 15.6. The number of anilines is 2. The quantitative estimate of drug-likeness (QED) is 0.606. The minimum absolute atomic E-state index is 0.0118. The molecule has 0 aromatic carbocycles. The Balaban J connectivity index is 1.81. The SMILES string of the molecule is C=CC(=O)N1CCC(N(C)c2nc(OC)nc3c(F)c(-c4nc(N)ccc4C)ncc23)C1. The maximum Gasteiger partial charge on any atom is 0.318 e. The van der Waals surface area contributed by atoms with Gasteiger partial charge in [0.15, 0.2) is 5.82 Å². The molecule has 0 bridgehead atoms. The smallest absolute Gasteiger partial charge is 0.318 e. The number of fused-ring (bicyclic) bond motifs is 1. The van der Waals surface area contributed by atoms with Crippen molar-refractivity contribution in [2.24, 2.45) is 0 Å². The van der Waals surface area contributed by atoms with Gasteiger partial charge in [-0.05, 0) is 31.1 Å². The van der Waals surface area contributed by atoms with E-state index in [2.05, 4.69) is 26.5 Å². The highest BCUT2D eigenvalue weighted by atomic mass is 19.1. The van der Waals surface area contributed by atoms with Crippen molar-refractivity contribution in [3.8, 4) is 17.4 Å². The molecule has 1 unspecified atom stereocenters. The lowest BCUT2D eigenvalue weighted by Crippen LogP contribution is -2.36. The van der Waals surface area contributed by atoms with Gasteiger partial charge in [-0.2, -0.15) is 9.97 Å². The van der Waals surface area contributed by atoms with Crippen LogP contribution in [-0.4, -0.2) is 64.0 Å². The fraction of sp³-hybridized carbons (Fsp3) is 0.318. The van der Waals surface area contributed by atoms with Gasteiger partial charge in [0.05, 0.1) is 18.2 Å². The molecule has 0 aliphatic carbocycles. The van der Waals surface area contributed by atoms with Gasteiger partial charge in [0, 0.05) is 32.4 Å². The van der Waals surface area contributed by atoms with Crippen LogP contribution < -0.4 is 15.4 Å². The molecule has 0 saturated carbocycles. The number of likely N-dealkylation sites (tertiary alicyclic amines) is 1. The lowest BCUT2D eigenvalue weighted by atomic mass is 10.1. The molecule has 1 fully saturated rings. The molecule has 2 N–H and O–H groups in total. The summed E-state index contributed by atoms with van der Waals surface area (Å²) in [6.07, 6.45) is 3.58. The number of carbonyl (C=O) groups excluding carboxylic acids is 1. The van der Waals surface area contributed by atoms with E-state index in [4.69, 9.17) is 10.5 Å². The number of hydrogen-bond donors (Lipinski definition) is 1. The van der Waals surface area contributed by atoms with Crippen LogP contribution in [0, 0.1) is 12.7 Å². The number of rotatable bonds is 5. The van der Waals surface area contributed by atoms with Crippen molar-refractivity contribution in [3.63, 3.8) is 0 Å². The predicted octanol–water partition coefficient (Wildman–Crippen LogP) is 2.35. The molecular formula is C22H24FN7O2. The lowest BCUT2D eigenvalue weighted by Gasteiger charge is -2.27. The zero-order valence-electron chi connectivity index (χ0n) is 18.2. The van der Waals surface area contributed by atoms with E-state index in [9.17, 15) is 4.79 Å². The Hall–Kier alpha value is -3.82. The number of carbonyl (C=O) groups is 1. The molecule has 1 aliphatic heterocycles. The van der Waals surface area contributed by atoms with Crippen LogP contribution in [0.15, 0.2) is 31.0 Å². The van der Waals surface area contributed by atoms with Gasteiger partial charge in [-0.15, -0.1) is 0 Å². The summed E-state index contributed by atoms with van der Waals surface area (Å²) < 4.78 is 20.9. The molecular weight excluding hydrogens is 413 g/mol. The molecule has 4 rings (SSSR count). The summed E-state index contributed by atoms with van der Waals surface area (Å²) in [5, 5.41) is 0.435. The summed E-state index contributed by atoms with van der Waals surface area (Å²) in [6.45, 7) is 6.47. The zero-order chi connectivity index (χ0) is 23.0. The van der Waals surface area contributed by atoms with Crippen LogP contribution >= 0.6 is 0 Å². The fourth-order valence-electron chi connectivity index (χ4n) is 3.89. The Labute approximate surface area is 184 Å². The number of aromatic nitrogens is 4. The van der Waals surface area contributed by atoms with Gasteiger partial charge >= 0.3 is 6.01 Å². The first kappa shape index (κ1) is 21.4. The number of nitrogen functional groups attached to an aromatic ring is 1. The van der Waals surface area contributed by atoms with Crippen molar-refractivity contribution < 1.29 is 13.9 Å². The lowest BCUT2D eigenvalue weighted by molar-refractivity contribution is -0.125. The number of nitrogens with zero attached hydrogens (tertiary/aromatic N) is 6. The summed E-state index contributed by atoms with van der Waals surface area (Å²) in [5.41, 5.74) is 7.02. The van der Waals surface area contributed by atoms with Gasteiger partial charge < -0.3 is 20.3 Å². The number of halogens is 1. The molecule has 1 aliphatic rings. The summed E-state index contributed by atoms with van der Waals surface area (Å²) >= 11 is 0. The second-order valence-corrected chi connectivity index (χ2v) is 7.66. The van der Waals surface area contributed by atoms with Crippen molar-refractivity contribution in [1.29, 1.82) is 0 Å². The molecule has 4 heterocycles. The van der Waals surface area contributed by atoms with Crippen molar-refractivity contribution in [3.05, 3.63) is 42.4 Å². The van der Waals surface area contributed by atoms with E-state index in [0.29, 0.717) is 30.0 Å². The van der Waals surface area contributed by atoms with Gasteiger partial charge in [-0.25, -0.2) is 9.37 Å². The molecule has 10 heteroatoms. The zero-order valence-corrected chi connectivity index (χ0v) is 18.2. The van der Waals surface area contributed by atoms with E-state index in [1.165, 1.54) is 19.4 Å². The highest BCUT2D eigenvalue weighted by Gasteiger charge is 2.30. The average Bonchev–Trinajstić information content (AvgIpc) is 3.30. The third kappa shape index (κ3) is 3.68. The van der Waals surface area contributed by atoms with E-state index in [1.807, 2.05) is 18.9 Å². The van der Waals surface area contributed by atoms with Crippen LogP contribution in [0.2, 0.25) is 0 Å². The Morgan fingerprint density at radius 3 is 2.84 bits per heavy atom. The molecule has 3 aromatic heterocycles. The second kappa shape index (κ2) is 8.37. The molecule has 166 valence electrons. The molecule has 0 radical (unpaired) electrons. The Kier molecular flexibility index (Phi) is 5.60. The van der Waals surface area contributed by atoms with Gasteiger partial charge in [-0.1, -0.05) is 12.6 Å². The molecule has 0 spiro atoms. The average molecular weight is 437 g/mol. The van der Waals surface area contributed by atoms with Gasteiger partial charge in [0.25, 0.3) is 0 Å². The summed E-state index contributed by atoms with van der Waals surface area (Å²) in [6, 6.07) is 3.43. The van der Waals surface area contributed by atoms with Gasteiger partial charge in [-0.3, -0.25) is 9.78 Å². The number of methoxy groups -OCH3 is 1. The summed E-state index contributed by atoms with van der Waals surface area (Å²) in [4.78, 5) is 32.9. The van der Waals surface area contributed by atoms with E-state index in [0.717, 1.165) is 12.0 Å². The number of likely N-dealkylation sites (N-methyl/N-ethyl adjacent to an activating group) is 1. The number of ether oxygens (including phenoxy) is 1. The molecule has 1 saturated heterocycles. The van der Waals surface area contributed by atoms with Crippen molar-refractivity contribution in [1.82, 2.24) is 24.8 Å². The minimum atomic E-state index is -0.631. The first-order valence-electron chi connectivity index (χ1n) is 10.1. The fourth-order valence-corrected chi connectivity index (χ4v) is 3.89. The number of nitrogens with two attached hydrogens (primary N) is 1. The van der Waals surface area contributed by atoms with Crippen molar-refractivity contribution in [2.45, 2.75) is 19.4 Å². The molecule has 1 amide bonds. The van der Waals surface area contributed by atoms with Crippen LogP contribution in [0.3, 0.4) is 0 Å². The first-order chi connectivity index (χ1) is 15.3. The van der Waals surface area contributed by atoms with E-state index in [1.54, 1.807) is 17.0 Å². The summed E-state index contributed by atoms with van der Waals surface area (Å²) in [7, 11) is 3.28. The highest BCUT2D eigenvalue weighted by molar-refractivity contribution is 5.92. The van der Waals surface area contributed by atoms with Gasteiger partial charge in [0.2, 0.25) is 5.91 Å². The number of amides is 1. The normalized spacial score (nSPS) is 15.8. The van der Waals surface area contributed by atoms with E-state index >= 15 is 4.39 Å². The molecule has 1 atom stereocenters. The first-order valence-corrected chi connectivity index (χ1v) is 10.1. The van der Waals surface area contributed by atoms with Crippen LogP contribution in [0.5, 0.6) is 6.01 Å². The largest absolute Gasteiger partial charge is 0.467 e. The van der Waals surface area contributed by atoms with Gasteiger partial charge in [0.1, 0.15) is 22.8 Å². The monoisotopic (exact) mass is 437 g/mol. The second-order valence-electron chi connectivity index (χ2n) is 7.66. The standard InChI is InChI=1S/C22H24FN7O2/c1-5-16(31)30-9-8-13(11-30)29(3)21-14-10-25-20(18-12(2)6-7-15(24)26-18)17(23)19(14)27-22(28-21)32-4/h5-7,10,13H,1,8-9,11H2,2-4H3,(H2,24,26). The number of hydrogen-bond acceptors (Lipinski definition) is 8. The van der Waals surface area contributed by atoms with Crippen molar-refractivity contribution in [2.75, 3.05) is 37.9 Å². The summed E-state index contributed by atoms with van der Waals surface area (Å²) in [5.74, 6) is -0.00489. The maximum atomic E-state index is 15.6. The van der Waals surface area contributed by atoms with E-state index < -0.39 is 5.82 Å². The Bertz CT molecular complexity index is 1220. The highest BCUT2D eigenvalue weighted by Crippen LogP contribution is 2.33. The molecule has 9 nitrogen and oxygen atoms in total. The predicted molar refractivity (Wildman–Crippen MR) is 120 cm³/mol. The van der Waals surface area contributed by atoms with Crippen molar-refractivity contribution >= 4 is 28.4 Å². The molecule has 32 heavy (non-hydrogen) atoms. The number of aryl methyl sites for hydroxylation is 1. The number of pyridine rings is 2. The third-order valence-corrected chi connectivity index (χ3v) is 5.70. The van der Waals surface area contributed by atoms with Crippen LogP contribution in [0.4, 0.5) is 16.0 Å². The Morgan fingerprint density at radius 1 is 1.34 bits per heavy atom.